The first-order chi connectivity index (χ1) is 9.56. The minimum absolute atomic E-state index is 0. The van der Waals surface area contributed by atoms with Crippen molar-refractivity contribution in [2.75, 3.05) is 0 Å². The van der Waals surface area contributed by atoms with Crippen LogP contribution in [0.1, 0.15) is 38.4 Å². The summed E-state index contributed by atoms with van der Waals surface area (Å²) in [7, 11) is 0. The van der Waals surface area contributed by atoms with Crippen LogP contribution < -0.4 is 5.73 Å². The van der Waals surface area contributed by atoms with Gasteiger partial charge in [-0.15, -0.1) is 22.6 Å². The lowest BCUT2D eigenvalue weighted by Gasteiger charge is -2.25. The largest absolute Gasteiger partial charge is 0.345 e. The summed E-state index contributed by atoms with van der Waals surface area (Å²) in [5, 5.41) is 8.72. The van der Waals surface area contributed by atoms with E-state index in [0.29, 0.717) is 5.92 Å². The van der Waals surface area contributed by atoms with E-state index in [-0.39, 0.29) is 23.9 Å². The van der Waals surface area contributed by atoms with Crippen molar-refractivity contribution in [2.24, 2.45) is 11.1 Å². The molecule has 0 amide bonds. The van der Waals surface area contributed by atoms with E-state index in [1.54, 1.807) is 6.20 Å². The molecule has 6 nitrogen and oxygen atoms in total. The molecule has 1 fully saturated rings. The van der Waals surface area contributed by atoms with Gasteiger partial charge in [0.05, 0.1) is 11.7 Å². The second kappa shape index (κ2) is 4.68. The summed E-state index contributed by atoms with van der Waals surface area (Å²) in [5.74, 6) is 1.33. The Hall–Kier alpha value is -1.66. The van der Waals surface area contributed by atoms with Crippen molar-refractivity contribution in [3.63, 3.8) is 0 Å². The number of fused-ring (bicyclic) bond motifs is 3. The Bertz CT molecular complexity index is 789. The van der Waals surface area contributed by atoms with Crippen molar-refractivity contribution in [2.45, 2.75) is 38.6 Å². The monoisotopic (exact) mass is 306 g/mol. The summed E-state index contributed by atoms with van der Waals surface area (Å²) in [5.41, 5.74) is 9.00. The number of nitrogens with zero attached hydrogens (tertiary/aromatic N) is 4. The molecule has 112 valence electrons. The number of rotatable bonds is 1. The number of hydrogen-bond acceptors (Lipinski definition) is 4. The Morgan fingerprint density at radius 3 is 2.90 bits per heavy atom. The molecule has 0 unspecified atom stereocenters. The van der Waals surface area contributed by atoms with E-state index in [2.05, 4.69) is 38.4 Å². The number of halogens is 1. The van der Waals surface area contributed by atoms with Crippen LogP contribution in [0.4, 0.5) is 0 Å². The molecule has 0 aromatic carbocycles. The summed E-state index contributed by atoms with van der Waals surface area (Å²) in [6.07, 6.45) is 5.64. The first-order valence-corrected chi connectivity index (χ1v) is 6.99. The first-order valence-electron chi connectivity index (χ1n) is 6.99. The molecular formula is C14H19ClN6. The molecule has 21 heavy (non-hydrogen) atoms. The molecule has 1 saturated carbocycles. The molecule has 3 heterocycles. The predicted octanol–water partition coefficient (Wildman–Crippen LogP) is 2.26. The topological polar surface area (TPSA) is 84.9 Å². The van der Waals surface area contributed by atoms with Gasteiger partial charge in [0.2, 0.25) is 0 Å². The van der Waals surface area contributed by atoms with Gasteiger partial charge in [0.15, 0.2) is 11.3 Å². The van der Waals surface area contributed by atoms with Gasteiger partial charge in [0, 0.05) is 18.2 Å². The fourth-order valence-electron chi connectivity index (χ4n) is 3.60. The van der Waals surface area contributed by atoms with Crippen LogP contribution >= 0.6 is 12.4 Å². The average Bonchev–Trinajstić information content (AvgIpc) is 3.04. The highest BCUT2D eigenvalue weighted by molar-refractivity contribution is 5.85. The van der Waals surface area contributed by atoms with Crippen LogP contribution in [0.2, 0.25) is 0 Å². The summed E-state index contributed by atoms with van der Waals surface area (Å²) in [6.45, 7) is 4.53. The van der Waals surface area contributed by atoms with E-state index in [1.807, 2.05) is 12.3 Å². The van der Waals surface area contributed by atoms with Crippen molar-refractivity contribution in [1.82, 2.24) is 24.6 Å². The van der Waals surface area contributed by atoms with Crippen LogP contribution in [0.3, 0.4) is 0 Å². The van der Waals surface area contributed by atoms with Crippen LogP contribution in [0.15, 0.2) is 18.5 Å². The van der Waals surface area contributed by atoms with Crippen molar-refractivity contribution >= 4 is 29.2 Å². The van der Waals surface area contributed by atoms with Crippen molar-refractivity contribution < 1.29 is 0 Å². The molecule has 3 N–H and O–H groups in total. The molecule has 1 aliphatic carbocycles. The minimum atomic E-state index is 0. The van der Waals surface area contributed by atoms with Crippen LogP contribution in [-0.2, 0) is 0 Å². The third-order valence-electron chi connectivity index (χ3n) is 4.55. The first kappa shape index (κ1) is 14.3. The van der Waals surface area contributed by atoms with Crippen molar-refractivity contribution in [3.8, 4) is 0 Å². The quantitative estimate of drug-likeness (QED) is 0.722. The number of nitrogens with one attached hydrogen (secondary N) is 1. The molecular weight excluding hydrogens is 288 g/mol. The normalized spacial score (nSPS) is 24.5. The SMILES string of the molecule is CC1(C)C[C@@H](N)C[C@H]1c1nnc2cnc3[nH]ccc3n12.Cl. The maximum Gasteiger partial charge on any atom is 0.179 e. The maximum atomic E-state index is 6.17. The molecule has 3 aromatic heterocycles. The average molecular weight is 307 g/mol. The smallest absolute Gasteiger partial charge is 0.179 e. The zero-order valence-electron chi connectivity index (χ0n) is 12.1. The Labute approximate surface area is 128 Å². The van der Waals surface area contributed by atoms with Gasteiger partial charge in [-0.25, -0.2) is 4.98 Å². The minimum Gasteiger partial charge on any atom is -0.345 e. The standard InChI is InChI=1S/C14H18N6.ClH/c1-14(2)6-8(15)5-9(14)13-19-18-11-7-17-12-10(20(11)13)3-4-16-12;/h3-4,7-9,16H,5-6,15H2,1-2H3;1H/t8-,9-;/m0./s1. The van der Waals surface area contributed by atoms with Gasteiger partial charge in [-0.1, -0.05) is 13.8 Å². The van der Waals surface area contributed by atoms with Crippen LogP contribution in [0.25, 0.3) is 16.8 Å². The molecule has 3 aromatic rings. The summed E-state index contributed by atoms with van der Waals surface area (Å²) >= 11 is 0. The summed E-state index contributed by atoms with van der Waals surface area (Å²) in [6, 6.07) is 2.26. The van der Waals surface area contributed by atoms with E-state index in [9.17, 15) is 0 Å². The third-order valence-corrected chi connectivity index (χ3v) is 4.55. The highest BCUT2D eigenvalue weighted by Gasteiger charge is 2.42. The zero-order chi connectivity index (χ0) is 13.9. The van der Waals surface area contributed by atoms with Gasteiger partial charge in [-0.05, 0) is 24.3 Å². The molecule has 4 rings (SSSR count). The van der Waals surface area contributed by atoms with E-state index in [1.165, 1.54) is 0 Å². The number of H-pyrrole nitrogens is 1. The maximum absolute atomic E-state index is 6.17. The number of nitrogens with two attached hydrogens (primary N) is 1. The van der Waals surface area contributed by atoms with Gasteiger partial charge >= 0.3 is 0 Å². The molecule has 0 saturated heterocycles. The molecule has 7 heteroatoms. The second-order valence-corrected chi connectivity index (χ2v) is 6.46. The van der Waals surface area contributed by atoms with Crippen LogP contribution in [-0.4, -0.2) is 30.6 Å². The van der Waals surface area contributed by atoms with Crippen molar-refractivity contribution in [3.05, 3.63) is 24.3 Å². The van der Waals surface area contributed by atoms with Gasteiger partial charge in [0.25, 0.3) is 0 Å². The van der Waals surface area contributed by atoms with Gasteiger partial charge < -0.3 is 10.7 Å². The Kier molecular flexibility index (Phi) is 3.18. The van der Waals surface area contributed by atoms with Crippen LogP contribution in [0, 0.1) is 5.41 Å². The Morgan fingerprint density at radius 1 is 1.38 bits per heavy atom. The predicted molar refractivity (Wildman–Crippen MR) is 83.6 cm³/mol. The zero-order valence-corrected chi connectivity index (χ0v) is 12.9. The van der Waals surface area contributed by atoms with E-state index in [0.717, 1.165) is 35.5 Å². The van der Waals surface area contributed by atoms with Crippen LogP contribution in [0.5, 0.6) is 0 Å². The van der Waals surface area contributed by atoms with Gasteiger partial charge in [0.1, 0.15) is 5.82 Å². The summed E-state index contributed by atoms with van der Waals surface area (Å²) in [4.78, 5) is 7.49. The molecule has 0 spiro atoms. The Morgan fingerprint density at radius 2 is 2.19 bits per heavy atom. The highest BCUT2D eigenvalue weighted by atomic mass is 35.5. The van der Waals surface area contributed by atoms with E-state index in [4.69, 9.17) is 5.73 Å². The summed E-state index contributed by atoms with van der Waals surface area (Å²) < 4.78 is 2.11. The fourth-order valence-corrected chi connectivity index (χ4v) is 3.60. The highest BCUT2D eigenvalue weighted by Crippen LogP contribution is 2.47. The van der Waals surface area contributed by atoms with Gasteiger partial charge in [-0.3, -0.25) is 4.40 Å². The molecule has 0 radical (unpaired) electrons. The number of aromatic amines is 1. The van der Waals surface area contributed by atoms with E-state index >= 15 is 0 Å². The lowest BCUT2D eigenvalue weighted by atomic mass is 9.81. The Balaban J connectivity index is 0.00000132. The lowest BCUT2D eigenvalue weighted by Crippen LogP contribution is -2.19. The molecule has 0 aliphatic heterocycles. The molecule has 0 bridgehead atoms. The second-order valence-electron chi connectivity index (χ2n) is 6.46. The third kappa shape index (κ3) is 2.01. The molecule has 1 aliphatic rings. The fraction of sp³-hybridized carbons (Fsp3) is 0.500. The molecule has 2 atom stereocenters. The number of hydrogen-bond donors (Lipinski definition) is 2. The van der Waals surface area contributed by atoms with E-state index < -0.39 is 0 Å². The van der Waals surface area contributed by atoms with Gasteiger partial charge in [-0.2, -0.15) is 0 Å². The lowest BCUT2D eigenvalue weighted by molar-refractivity contribution is 0.319. The number of aromatic nitrogens is 5. The van der Waals surface area contributed by atoms with Crippen molar-refractivity contribution in [1.29, 1.82) is 0 Å².